The van der Waals surface area contributed by atoms with E-state index in [4.69, 9.17) is 9.84 Å². The van der Waals surface area contributed by atoms with E-state index in [1.807, 2.05) is 48.5 Å². The number of aliphatic carboxylic acids is 1. The van der Waals surface area contributed by atoms with Gasteiger partial charge in [0.05, 0.1) is 30.5 Å². The van der Waals surface area contributed by atoms with Crippen molar-refractivity contribution >= 4 is 29.3 Å². The fraction of sp³-hybridized carbons (Fsp3) is 0.333. The number of anilines is 1. The number of ether oxygens (including phenoxy) is 1. The lowest BCUT2D eigenvalue weighted by Crippen LogP contribution is -2.41. The first kappa shape index (κ1) is 19.3. The molecule has 0 saturated carbocycles. The van der Waals surface area contributed by atoms with Crippen LogP contribution in [0.2, 0.25) is 0 Å². The Morgan fingerprint density at radius 3 is 2.63 bits per heavy atom. The fourth-order valence-electron chi connectivity index (χ4n) is 2.93. The molecule has 2 aromatic carbocycles. The molecule has 3 rings (SSSR count). The minimum Gasteiger partial charge on any atom is -0.494 e. The number of nitrogens with zero attached hydrogens (tertiary/aromatic N) is 1. The molecule has 2 aromatic rings. The number of carbonyl (C=O) groups is 2. The molecule has 0 fully saturated rings. The molecule has 0 aromatic heterocycles. The summed E-state index contributed by atoms with van der Waals surface area (Å²) in [6.45, 7) is 3.22. The third-order valence-electron chi connectivity index (χ3n) is 4.36. The Bertz CT molecular complexity index is 806. The predicted molar refractivity (Wildman–Crippen MR) is 106 cm³/mol. The number of carboxylic acids is 1. The monoisotopic (exact) mass is 385 g/mol. The van der Waals surface area contributed by atoms with Crippen LogP contribution in [0.3, 0.4) is 0 Å². The van der Waals surface area contributed by atoms with Crippen molar-refractivity contribution in [1.29, 1.82) is 0 Å². The Balaban J connectivity index is 1.77. The van der Waals surface area contributed by atoms with Gasteiger partial charge in [0.1, 0.15) is 5.75 Å². The van der Waals surface area contributed by atoms with Gasteiger partial charge in [-0.05, 0) is 36.2 Å². The molecule has 0 aliphatic carbocycles. The van der Waals surface area contributed by atoms with E-state index in [2.05, 4.69) is 6.92 Å². The Kier molecular flexibility index (Phi) is 6.40. The number of unbranched alkanes of at least 4 members (excludes halogenated alkanes) is 1. The van der Waals surface area contributed by atoms with E-state index in [0.29, 0.717) is 13.2 Å². The van der Waals surface area contributed by atoms with Crippen LogP contribution in [-0.2, 0) is 16.1 Å². The number of fused-ring (bicyclic) bond motifs is 1. The van der Waals surface area contributed by atoms with Crippen molar-refractivity contribution < 1.29 is 19.4 Å². The van der Waals surface area contributed by atoms with Gasteiger partial charge in [-0.2, -0.15) is 0 Å². The van der Waals surface area contributed by atoms with Crippen LogP contribution in [0.4, 0.5) is 5.69 Å². The van der Waals surface area contributed by atoms with E-state index in [1.54, 1.807) is 4.90 Å². The standard InChI is InChI=1S/C21H23NO4S/c1-2-3-12-26-16-10-8-15(9-11-16)14-22-17-6-4-5-7-18(17)27-19(21(22)25)13-20(23)24/h4-11,19H,2-3,12-14H2,1H3,(H,23,24). The maximum atomic E-state index is 12.9. The largest absolute Gasteiger partial charge is 0.494 e. The lowest BCUT2D eigenvalue weighted by atomic mass is 10.1. The van der Waals surface area contributed by atoms with Crippen molar-refractivity contribution in [2.24, 2.45) is 0 Å². The number of hydrogen-bond donors (Lipinski definition) is 1. The molecule has 1 aliphatic rings. The molecule has 1 amide bonds. The molecule has 0 spiro atoms. The van der Waals surface area contributed by atoms with E-state index in [-0.39, 0.29) is 12.3 Å². The van der Waals surface area contributed by atoms with Crippen molar-refractivity contribution in [3.05, 3.63) is 54.1 Å². The molecule has 27 heavy (non-hydrogen) atoms. The summed E-state index contributed by atoms with van der Waals surface area (Å²) in [5.41, 5.74) is 1.80. The predicted octanol–water partition coefficient (Wildman–Crippen LogP) is 4.35. The van der Waals surface area contributed by atoms with E-state index in [0.717, 1.165) is 34.7 Å². The first-order valence-electron chi connectivity index (χ1n) is 9.09. The first-order valence-corrected chi connectivity index (χ1v) is 9.97. The van der Waals surface area contributed by atoms with Gasteiger partial charge in [-0.15, -0.1) is 11.8 Å². The van der Waals surface area contributed by atoms with Crippen molar-refractivity contribution in [3.63, 3.8) is 0 Å². The summed E-state index contributed by atoms with van der Waals surface area (Å²) in [6, 6.07) is 15.3. The van der Waals surface area contributed by atoms with Gasteiger partial charge in [0.15, 0.2) is 0 Å². The summed E-state index contributed by atoms with van der Waals surface area (Å²) >= 11 is 1.33. The number of carbonyl (C=O) groups excluding carboxylic acids is 1. The lowest BCUT2D eigenvalue weighted by Gasteiger charge is -2.33. The number of benzene rings is 2. The van der Waals surface area contributed by atoms with Gasteiger partial charge in [-0.1, -0.05) is 37.6 Å². The first-order chi connectivity index (χ1) is 13.1. The molecule has 0 bridgehead atoms. The van der Waals surface area contributed by atoms with Crippen molar-refractivity contribution in [2.75, 3.05) is 11.5 Å². The zero-order valence-electron chi connectivity index (χ0n) is 15.3. The second-order valence-corrected chi connectivity index (χ2v) is 7.69. The molecule has 1 unspecified atom stereocenters. The second-order valence-electron chi connectivity index (χ2n) is 6.44. The van der Waals surface area contributed by atoms with E-state index in [9.17, 15) is 9.59 Å². The van der Waals surface area contributed by atoms with E-state index >= 15 is 0 Å². The fourth-order valence-corrected chi connectivity index (χ4v) is 4.15. The summed E-state index contributed by atoms with van der Waals surface area (Å²) in [7, 11) is 0. The highest BCUT2D eigenvalue weighted by atomic mass is 32.2. The number of amides is 1. The molecular formula is C21H23NO4S. The highest BCUT2D eigenvalue weighted by Crippen LogP contribution is 2.40. The normalized spacial score (nSPS) is 16.1. The van der Waals surface area contributed by atoms with Crippen LogP contribution in [0, 0.1) is 0 Å². The molecular weight excluding hydrogens is 362 g/mol. The Labute approximate surface area is 163 Å². The number of thioether (sulfide) groups is 1. The lowest BCUT2D eigenvalue weighted by molar-refractivity contribution is -0.138. The molecule has 6 heteroatoms. The van der Waals surface area contributed by atoms with Crippen LogP contribution >= 0.6 is 11.8 Å². The minimum atomic E-state index is -0.964. The molecule has 142 valence electrons. The summed E-state index contributed by atoms with van der Waals surface area (Å²) in [5.74, 6) is -0.310. The molecule has 1 heterocycles. The van der Waals surface area contributed by atoms with Crippen LogP contribution in [-0.4, -0.2) is 28.8 Å². The third-order valence-corrected chi connectivity index (χ3v) is 5.61. The molecule has 5 nitrogen and oxygen atoms in total. The Morgan fingerprint density at radius 1 is 1.19 bits per heavy atom. The molecule has 1 aliphatic heterocycles. The average molecular weight is 385 g/mol. The van der Waals surface area contributed by atoms with Crippen molar-refractivity contribution in [3.8, 4) is 5.75 Å². The number of rotatable bonds is 8. The summed E-state index contributed by atoms with van der Waals surface area (Å²) in [5, 5.41) is 8.53. The van der Waals surface area contributed by atoms with Crippen molar-refractivity contribution in [2.45, 2.75) is 42.9 Å². The molecule has 1 atom stereocenters. The Hall–Kier alpha value is -2.47. The van der Waals surface area contributed by atoms with Crippen LogP contribution in [0.5, 0.6) is 5.75 Å². The van der Waals surface area contributed by atoms with Crippen LogP contribution in [0.1, 0.15) is 31.7 Å². The third kappa shape index (κ3) is 4.83. The second kappa shape index (κ2) is 8.95. The van der Waals surface area contributed by atoms with E-state index < -0.39 is 11.2 Å². The number of para-hydroxylation sites is 1. The molecule has 0 saturated heterocycles. The topological polar surface area (TPSA) is 66.8 Å². The SMILES string of the molecule is CCCCOc1ccc(CN2C(=O)C(CC(=O)O)Sc3ccccc32)cc1. The highest BCUT2D eigenvalue weighted by Gasteiger charge is 2.34. The Morgan fingerprint density at radius 2 is 1.93 bits per heavy atom. The zero-order chi connectivity index (χ0) is 19.2. The average Bonchev–Trinajstić information content (AvgIpc) is 2.66. The quantitative estimate of drug-likeness (QED) is 0.685. The van der Waals surface area contributed by atoms with Gasteiger partial charge in [0.2, 0.25) is 5.91 Å². The molecule has 1 N–H and O–H groups in total. The summed E-state index contributed by atoms with van der Waals surface area (Å²) < 4.78 is 5.68. The summed E-state index contributed by atoms with van der Waals surface area (Å²) in [6.07, 6.45) is 1.92. The van der Waals surface area contributed by atoms with Crippen LogP contribution in [0.25, 0.3) is 0 Å². The zero-order valence-corrected chi connectivity index (χ0v) is 16.1. The van der Waals surface area contributed by atoms with Gasteiger partial charge < -0.3 is 14.7 Å². The van der Waals surface area contributed by atoms with E-state index in [1.165, 1.54) is 11.8 Å². The summed E-state index contributed by atoms with van der Waals surface area (Å²) in [4.78, 5) is 26.6. The maximum Gasteiger partial charge on any atom is 0.305 e. The van der Waals surface area contributed by atoms with Gasteiger partial charge >= 0.3 is 5.97 Å². The smallest absolute Gasteiger partial charge is 0.305 e. The number of carboxylic acid groups (broad SMARTS) is 1. The number of hydrogen-bond acceptors (Lipinski definition) is 4. The van der Waals surface area contributed by atoms with Gasteiger partial charge in [0, 0.05) is 4.90 Å². The minimum absolute atomic E-state index is 0.163. The maximum absolute atomic E-state index is 12.9. The highest BCUT2D eigenvalue weighted by molar-refractivity contribution is 8.01. The van der Waals surface area contributed by atoms with Gasteiger partial charge in [-0.25, -0.2) is 0 Å². The van der Waals surface area contributed by atoms with Crippen LogP contribution in [0.15, 0.2) is 53.4 Å². The van der Waals surface area contributed by atoms with Crippen LogP contribution < -0.4 is 9.64 Å². The van der Waals surface area contributed by atoms with Crippen molar-refractivity contribution in [1.82, 2.24) is 0 Å². The van der Waals surface area contributed by atoms with Gasteiger partial charge in [-0.3, -0.25) is 9.59 Å². The van der Waals surface area contributed by atoms with Gasteiger partial charge in [0.25, 0.3) is 0 Å². The molecule has 0 radical (unpaired) electrons.